The number of halogens is 1. The van der Waals surface area contributed by atoms with Crippen molar-refractivity contribution in [2.45, 2.75) is 19.4 Å². The van der Waals surface area contributed by atoms with Crippen molar-refractivity contribution in [3.05, 3.63) is 58.9 Å². The van der Waals surface area contributed by atoms with E-state index in [0.29, 0.717) is 11.1 Å². The van der Waals surface area contributed by atoms with E-state index in [1.165, 1.54) is 30.7 Å². The molecule has 3 aromatic rings. The van der Waals surface area contributed by atoms with Gasteiger partial charge in [-0.05, 0) is 36.8 Å². The summed E-state index contributed by atoms with van der Waals surface area (Å²) in [6.45, 7) is 1.68. The van der Waals surface area contributed by atoms with Crippen LogP contribution in [0.25, 0.3) is 11.1 Å². The Morgan fingerprint density at radius 2 is 2.04 bits per heavy atom. The Bertz CT molecular complexity index is 1060. The van der Waals surface area contributed by atoms with Crippen molar-refractivity contribution in [2.24, 2.45) is 0 Å². The van der Waals surface area contributed by atoms with Gasteiger partial charge in [0.2, 0.25) is 0 Å². The molecule has 1 heterocycles. The van der Waals surface area contributed by atoms with Crippen LogP contribution in [0, 0.1) is 0 Å². The molecule has 0 saturated heterocycles. The minimum atomic E-state index is -1.22. The van der Waals surface area contributed by atoms with Crippen LogP contribution in [0.3, 0.4) is 0 Å². The smallest absolute Gasteiger partial charge is 0.341 e. The van der Waals surface area contributed by atoms with Crippen molar-refractivity contribution in [3.63, 3.8) is 0 Å². The van der Waals surface area contributed by atoms with Gasteiger partial charge < -0.3 is 19.6 Å². The van der Waals surface area contributed by atoms with E-state index in [9.17, 15) is 14.4 Å². The summed E-state index contributed by atoms with van der Waals surface area (Å²) < 4.78 is 10.5. The van der Waals surface area contributed by atoms with Gasteiger partial charge in [-0.15, -0.1) is 0 Å². The van der Waals surface area contributed by atoms with Gasteiger partial charge in [0.05, 0.1) is 16.1 Å². The van der Waals surface area contributed by atoms with Gasteiger partial charge in [0.15, 0.2) is 18.1 Å². The van der Waals surface area contributed by atoms with Crippen molar-refractivity contribution < 1.29 is 28.6 Å². The maximum atomic E-state index is 12.5. The molecule has 0 aliphatic heterocycles. The molecule has 0 fully saturated rings. The second-order valence-corrected chi connectivity index (χ2v) is 6.20. The number of ether oxygens (including phenoxy) is 1. The molecular formula is C19H15ClN2O6. The van der Waals surface area contributed by atoms with Crippen LogP contribution in [-0.2, 0) is 9.53 Å². The molecule has 28 heavy (non-hydrogen) atoms. The van der Waals surface area contributed by atoms with Crippen molar-refractivity contribution in [3.8, 4) is 0 Å². The van der Waals surface area contributed by atoms with Crippen LogP contribution in [0.5, 0.6) is 0 Å². The second-order valence-electron chi connectivity index (χ2n) is 5.80. The average Bonchev–Trinajstić information content (AvgIpc) is 3.15. The molecule has 2 aromatic carbocycles. The number of carbonyl (C=O) groups excluding carboxylic acids is 2. The number of nitrogens with one attached hydrogen (secondary N) is 1. The van der Waals surface area contributed by atoms with E-state index < -0.39 is 23.9 Å². The molecule has 9 heteroatoms. The molecule has 144 valence electrons. The van der Waals surface area contributed by atoms with E-state index in [4.69, 9.17) is 25.9 Å². The molecule has 1 unspecified atom stereocenters. The Labute approximate surface area is 164 Å². The molecular weight excluding hydrogens is 388 g/mol. The van der Waals surface area contributed by atoms with Crippen LogP contribution in [0.1, 0.15) is 34.1 Å². The van der Waals surface area contributed by atoms with Gasteiger partial charge in [-0.25, -0.2) is 14.6 Å². The number of carbonyl (C=O) groups is 3. The molecule has 0 saturated carbocycles. The molecule has 1 atom stereocenters. The van der Waals surface area contributed by atoms with E-state index in [2.05, 4.69) is 10.3 Å². The predicted octanol–water partition coefficient (Wildman–Crippen LogP) is 3.75. The summed E-state index contributed by atoms with van der Waals surface area (Å²) in [7, 11) is 0. The van der Waals surface area contributed by atoms with Crippen molar-refractivity contribution in [1.29, 1.82) is 0 Å². The van der Waals surface area contributed by atoms with E-state index in [0.717, 1.165) is 0 Å². The summed E-state index contributed by atoms with van der Waals surface area (Å²) >= 11 is 5.82. The van der Waals surface area contributed by atoms with Gasteiger partial charge in [0.1, 0.15) is 5.52 Å². The molecule has 8 nitrogen and oxygen atoms in total. The largest absolute Gasteiger partial charge is 0.478 e. The highest BCUT2D eigenvalue weighted by atomic mass is 35.5. The number of aromatic nitrogens is 1. The quantitative estimate of drug-likeness (QED) is 0.602. The van der Waals surface area contributed by atoms with Crippen molar-refractivity contribution >= 4 is 46.2 Å². The Hall–Kier alpha value is -3.39. The third-order valence-electron chi connectivity index (χ3n) is 3.96. The van der Waals surface area contributed by atoms with Crippen LogP contribution in [0.4, 0.5) is 5.69 Å². The highest BCUT2D eigenvalue weighted by Gasteiger charge is 2.24. The highest BCUT2D eigenvalue weighted by Crippen LogP contribution is 2.22. The summed E-state index contributed by atoms with van der Waals surface area (Å²) in [5, 5.41) is 11.7. The summed E-state index contributed by atoms with van der Waals surface area (Å²) in [4.78, 5) is 40.1. The zero-order valence-corrected chi connectivity index (χ0v) is 15.4. The van der Waals surface area contributed by atoms with Crippen LogP contribution < -0.4 is 5.32 Å². The van der Waals surface area contributed by atoms with E-state index in [-0.39, 0.29) is 28.3 Å². The minimum absolute atomic E-state index is 0.0460. The number of aromatic carboxylic acids is 1. The van der Waals surface area contributed by atoms with Crippen molar-refractivity contribution in [2.75, 3.05) is 5.32 Å². The maximum absolute atomic E-state index is 12.5. The van der Waals surface area contributed by atoms with Crippen LogP contribution >= 0.6 is 11.6 Å². The van der Waals surface area contributed by atoms with E-state index in [1.807, 2.05) is 0 Å². The van der Waals surface area contributed by atoms with Crippen LogP contribution in [-0.4, -0.2) is 34.0 Å². The highest BCUT2D eigenvalue weighted by molar-refractivity contribution is 6.33. The molecule has 0 aliphatic rings. The fourth-order valence-electron chi connectivity index (χ4n) is 2.56. The first-order valence-electron chi connectivity index (χ1n) is 8.27. The van der Waals surface area contributed by atoms with Crippen molar-refractivity contribution in [1.82, 2.24) is 4.98 Å². The summed E-state index contributed by atoms with van der Waals surface area (Å²) in [5.74, 6) is -2.54. The molecule has 0 bridgehead atoms. The number of benzene rings is 2. The van der Waals surface area contributed by atoms with Crippen LogP contribution in [0.2, 0.25) is 5.02 Å². The van der Waals surface area contributed by atoms with Gasteiger partial charge in [-0.1, -0.05) is 24.6 Å². The number of hydrogen-bond donors (Lipinski definition) is 2. The fourth-order valence-corrected chi connectivity index (χ4v) is 2.75. The lowest BCUT2D eigenvalue weighted by Crippen LogP contribution is -2.32. The number of oxazole rings is 1. The first kappa shape index (κ1) is 19.4. The zero-order chi connectivity index (χ0) is 20.3. The lowest BCUT2D eigenvalue weighted by Gasteiger charge is -2.16. The monoisotopic (exact) mass is 402 g/mol. The van der Waals surface area contributed by atoms with Gasteiger partial charge >= 0.3 is 11.9 Å². The average molecular weight is 403 g/mol. The Balaban J connectivity index is 1.75. The summed E-state index contributed by atoms with van der Waals surface area (Å²) in [5.41, 5.74) is 1.01. The van der Waals surface area contributed by atoms with Gasteiger partial charge in [0, 0.05) is 5.69 Å². The number of fused-ring (bicyclic) bond motifs is 1. The number of amides is 1. The SMILES string of the molecule is CCC(OC(=O)c1cccc2ocnc12)C(=O)Nc1ccc(Cl)c(C(=O)O)c1. The summed E-state index contributed by atoms with van der Waals surface area (Å²) in [6.07, 6.45) is 0.344. The normalized spacial score (nSPS) is 11.8. The third kappa shape index (κ3) is 3.96. The third-order valence-corrected chi connectivity index (χ3v) is 4.29. The lowest BCUT2D eigenvalue weighted by molar-refractivity contribution is -0.124. The minimum Gasteiger partial charge on any atom is -0.478 e. The molecule has 0 spiro atoms. The number of esters is 1. The number of rotatable bonds is 6. The van der Waals surface area contributed by atoms with Gasteiger partial charge in [-0.3, -0.25) is 4.79 Å². The first-order valence-corrected chi connectivity index (χ1v) is 8.65. The first-order chi connectivity index (χ1) is 13.4. The lowest BCUT2D eigenvalue weighted by atomic mass is 10.1. The number of nitrogens with zero attached hydrogens (tertiary/aromatic N) is 1. The predicted molar refractivity (Wildman–Crippen MR) is 101 cm³/mol. The zero-order valence-electron chi connectivity index (χ0n) is 14.6. The number of para-hydroxylation sites is 1. The van der Waals surface area contributed by atoms with E-state index >= 15 is 0 Å². The molecule has 3 rings (SSSR count). The second kappa shape index (κ2) is 8.10. The Morgan fingerprint density at radius 3 is 2.75 bits per heavy atom. The molecule has 1 amide bonds. The maximum Gasteiger partial charge on any atom is 0.341 e. The number of hydrogen-bond acceptors (Lipinski definition) is 6. The standard InChI is InChI=1S/C19H15ClN2O6/c1-2-14(17(23)22-10-6-7-13(20)12(8-10)18(24)25)28-19(26)11-4-3-5-15-16(11)21-9-27-15/h3-9,14H,2H2,1H3,(H,22,23)(H,24,25). The number of carboxylic acid groups (broad SMARTS) is 1. The van der Waals surface area contributed by atoms with E-state index in [1.54, 1.807) is 19.1 Å². The molecule has 0 radical (unpaired) electrons. The Kier molecular flexibility index (Phi) is 5.60. The molecule has 1 aromatic heterocycles. The van der Waals surface area contributed by atoms with Crippen LogP contribution in [0.15, 0.2) is 47.2 Å². The number of anilines is 1. The number of carboxylic acids is 1. The van der Waals surface area contributed by atoms with Gasteiger partial charge in [0.25, 0.3) is 5.91 Å². The molecule has 0 aliphatic carbocycles. The Morgan fingerprint density at radius 1 is 1.25 bits per heavy atom. The summed E-state index contributed by atoms with van der Waals surface area (Å²) in [6, 6.07) is 8.84. The topological polar surface area (TPSA) is 119 Å². The molecule has 2 N–H and O–H groups in total. The fraction of sp³-hybridized carbons (Fsp3) is 0.158. The van der Waals surface area contributed by atoms with Gasteiger partial charge in [-0.2, -0.15) is 0 Å².